The maximum atomic E-state index is 12.2. The van der Waals surface area contributed by atoms with Crippen molar-refractivity contribution in [2.24, 2.45) is 11.8 Å². The van der Waals surface area contributed by atoms with Crippen molar-refractivity contribution in [3.8, 4) is 0 Å². The minimum atomic E-state index is -0.801. The number of carboxylic acids is 1. The number of carbonyl (C=O) groups is 3. The van der Waals surface area contributed by atoms with E-state index in [2.05, 4.69) is 4.74 Å². The molecule has 0 saturated carbocycles. The first-order valence-corrected chi connectivity index (χ1v) is 6.67. The maximum absolute atomic E-state index is 12.2. The van der Waals surface area contributed by atoms with Crippen molar-refractivity contribution in [2.45, 2.75) is 19.8 Å². The number of hydrogen-bond acceptors (Lipinski definition) is 4. The summed E-state index contributed by atoms with van der Waals surface area (Å²) in [5, 5.41) is 8.91. The number of piperidine rings is 1. The van der Waals surface area contributed by atoms with Crippen LogP contribution in [0.25, 0.3) is 0 Å². The maximum Gasteiger partial charge on any atom is 0.319 e. The number of methoxy groups -OCH3 is 1. The number of hydrogen-bond donors (Lipinski definition) is 1. The average molecular weight is 286 g/mol. The number of rotatable bonds is 4. The Morgan fingerprint density at radius 1 is 1.35 bits per heavy atom. The number of aliphatic carboxylic acids is 1. The molecule has 0 radical (unpaired) electrons. The zero-order chi connectivity index (χ0) is 15.3. The second kappa shape index (κ2) is 7.12. The first kappa shape index (κ1) is 16.3. The zero-order valence-electron chi connectivity index (χ0n) is 12.2. The van der Waals surface area contributed by atoms with E-state index in [4.69, 9.17) is 5.11 Å². The number of urea groups is 1. The summed E-state index contributed by atoms with van der Waals surface area (Å²) in [6.45, 7) is 2.86. The standard InChI is InChI=1S/C13H22N2O5/c1-9(12(18)20-3)8-14(2)13(19)15-6-4-10(5-7-15)11(16)17/h9-10H,4-8H2,1-3H3,(H,16,17). The van der Waals surface area contributed by atoms with Gasteiger partial charge in [-0.2, -0.15) is 0 Å². The van der Waals surface area contributed by atoms with Gasteiger partial charge in [0.2, 0.25) is 0 Å². The van der Waals surface area contributed by atoms with E-state index in [1.54, 1.807) is 18.9 Å². The number of ether oxygens (including phenoxy) is 1. The van der Waals surface area contributed by atoms with Crippen LogP contribution in [0, 0.1) is 11.8 Å². The van der Waals surface area contributed by atoms with Gasteiger partial charge in [0.15, 0.2) is 0 Å². The molecule has 7 heteroatoms. The Kier molecular flexibility index (Phi) is 5.79. The van der Waals surface area contributed by atoms with Crippen LogP contribution < -0.4 is 0 Å². The van der Waals surface area contributed by atoms with Crippen molar-refractivity contribution in [1.29, 1.82) is 0 Å². The van der Waals surface area contributed by atoms with Crippen LogP contribution in [0.3, 0.4) is 0 Å². The molecule has 7 nitrogen and oxygen atoms in total. The predicted molar refractivity (Wildman–Crippen MR) is 71.1 cm³/mol. The summed E-state index contributed by atoms with van der Waals surface area (Å²) in [5.74, 6) is -1.90. The van der Waals surface area contributed by atoms with Crippen LogP contribution in [-0.2, 0) is 14.3 Å². The number of amides is 2. The number of likely N-dealkylation sites (tertiary alicyclic amines) is 1. The van der Waals surface area contributed by atoms with Gasteiger partial charge in [0.1, 0.15) is 0 Å². The summed E-state index contributed by atoms with van der Waals surface area (Å²) in [4.78, 5) is 37.5. The average Bonchev–Trinajstić information content (AvgIpc) is 2.45. The van der Waals surface area contributed by atoms with Crippen molar-refractivity contribution >= 4 is 18.0 Å². The fourth-order valence-corrected chi connectivity index (χ4v) is 2.32. The van der Waals surface area contributed by atoms with Crippen LogP contribution >= 0.6 is 0 Å². The molecule has 2 amide bonds. The molecule has 1 aliphatic heterocycles. The van der Waals surface area contributed by atoms with E-state index in [0.29, 0.717) is 25.9 Å². The van der Waals surface area contributed by atoms with Crippen molar-refractivity contribution in [3.63, 3.8) is 0 Å². The van der Waals surface area contributed by atoms with E-state index < -0.39 is 5.97 Å². The second-order valence-corrected chi connectivity index (χ2v) is 5.19. The Morgan fingerprint density at radius 3 is 2.35 bits per heavy atom. The molecule has 1 unspecified atom stereocenters. The molecule has 0 aromatic rings. The van der Waals surface area contributed by atoms with E-state index >= 15 is 0 Å². The summed E-state index contributed by atoms with van der Waals surface area (Å²) in [6.07, 6.45) is 0.947. The lowest BCUT2D eigenvalue weighted by Gasteiger charge is -2.33. The molecule has 1 rings (SSSR count). The summed E-state index contributed by atoms with van der Waals surface area (Å²) < 4.78 is 4.62. The Hall–Kier alpha value is -1.79. The first-order valence-electron chi connectivity index (χ1n) is 6.67. The summed E-state index contributed by atoms with van der Waals surface area (Å²) >= 11 is 0. The molecular weight excluding hydrogens is 264 g/mol. The minimum absolute atomic E-state index is 0.176. The van der Waals surface area contributed by atoms with Crippen molar-refractivity contribution in [1.82, 2.24) is 9.80 Å². The summed E-state index contributed by atoms with van der Waals surface area (Å²) in [7, 11) is 2.95. The van der Waals surface area contributed by atoms with Gasteiger partial charge in [-0.25, -0.2) is 4.79 Å². The molecule has 0 bridgehead atoms. The number of carbonyl (C=O) groups excluding carboxylic acids is 2. The quantitative estimate of drug-likeness (QED) is 0.766. The minimum Gasteiger partial charge on any atom is -0.481 e. The third-order valence-corrected chi connectivity index (χ3v) is 3.59. The number of esters is 1. The molecule has 1 fully saturated rings. The van der Waals surface area contributed by atoms with Crippen LogP contribution in [0.2, 0.25) is 0 Å². The fraction of sp³-hybridized carbons (Fsp3) is 0.769. The predicted octanol–water partition coefficient (Wildman–Crippen LogP) is 0.644. The Balaban J connectivity index is 2.46. The molecule has 0 aromatic heterocycles. The van der Waals surface area contributed by atoms with Crippen molar-refractivity contribution in [2.75, 3.05) is 33.8 Å². The Morgan fingerprint density at radius 2 is 1.90 bits per heavy atom. The topological polar surface area (TPSA) is 87.2 Å². The highest BCUT2D eigenvalue weighted by Gasteiger charge is 2.29. The van der Waals surface area contributed by atoms with E-state index in [1.165, 1.54) is 12.0 Å². The van der Waals surface area contributed by atoms with Gasteiger partial charge in [-0.15, -0.1) is 0 Å². The Bertz CT molecular complexity index is 377. The van der Waals surface area contributed by atoms with E-state index in [0.717, 1.165) is 0 Å². The lowest BCUT2D eigenvalue weighted by atomic mass is 9.97. The van der Waals surface area contributed by atoms with Gasteiger partial charge in [-0.05, 0) is 12.8 Å². The van der Waals surface area contributed by atoms with Gasteiger partial charge in [0.05, 0.1) is 18.9 Å². The van der Waals surface area contributed by atoms with Gasteiger partial charge >= 0.3 is 18.0 Å². The molecule has 0 spiro atoms. The van der Waals surface area contributed by atoms with Gasteiger partial charge in [0, 0.05) is 26.7 Å². The van der Waals surface area contributed by atoms with Crippen molar-refractivity contribution < 1.29 is 24.2 Å². The molecule has 1 saturated heterocycles. The number of carboxylic acid groups (broad SMARTS) is 1. The SMILES string of the molecule is COC(=O)C(C)CN(C)C(=O)N1CCC(C(=O)O)CC1. The van der Waals surface area contributed by atoms with Gasteiger partial charge < -0.3 is 19.6 Å². The lowest BCUT2D eigenvalue weighted by molar-refractivity contribution is -0.145. The van der Waals surface area contributed by atoms with Crippen LogP contribution in [0.1, 0.15) is 19.8 Å². The molecule has 0 aliphatic carbocycles. The normalized spacial score (nSPS) is 17.4. The largest absolute Gasteiger partial charge is 0.481 e. The summed E-state index contributed by atoms with van der Waals surface area (Å²) in [6, 6.07) is -0.176. The molecule has 20 heavy (non-hydrogen) atoms. The molecule has 114 valence electrons. The number of nitrogens with zero attached hydrogens (tertiary/aromatic N) is 2. The first-order chi connectivity index (χ1) is 9.36. The molecular formula is C13H22N2O5. The van der Waals surface area contributed by atoms with E-state index in [9.17, 15) is 14.4 Å². The smallest absolute Gasteiger partial charge is 0.319 e. The van der Waals surface area contributed by atoms with Gasteiger partial charge in [-0.3, -0.25) is 9.59 Å². The molecule has 1 heterocycles. The fourth-order valence-electron chi connectivity index (χ4n) is 2.32. The van der Waals surface area contributed by atoms with Crippen LogP contribution in [0.15, 0.2) is 0 Å². The Labute approximate surface area is 118 Å². The highest BCUT2D eigenvalue weighted by atomic mass is 16.5. The lowest BCUT2D eigenvalue weighted by Crippen LogP contribution is -2.47. The van der Waals surface area contributed by atoms with Crippen molar-refractivity contribution in [3.05, 3.63) is 0 Å². The molecule has 1 atom stereocenters. The highest BCUT2D eigenvalue weighted by molar-refractivity contribution is 5.77. The van der Waals surface area contributed by atoms with Crippen LogP contribution in [-0.4, -0.2) is 66.7 Å². The zero-order valence-corrected chi connectivity index (χ0v) is 12.2. The summed E-state index contributed by atoms with van der Waals surface area (Å²) in [5.41, 5.74) is 0. The monoisotopic (exact) mass is 286 g/mol. The molecule has 1 aliphatic rings. The molecule has 0 aromatic carbocycles. The van der Waals surface area contributed by atoms with Gasteiger partial charge in [-0.1, -0.05) is 6.92 Å². The molecule has 1 N–H and O–H groups in total. The van der Waals surface area contributed by atoms with E-state index in [-0.39, 0.29) is 30.4 Å². The van der Waals surface area contributed by atoms with Crippen LogP contribution in [0.5, 0.6) is 0 Å². The third-order valence-electron chi connectivity index (χ3n) is 3.59. The second-order valence-electron chi connectivity index (χ2n) is 5.19. The third kappa shape index (κ3) is 4.11. The van der Waals surface area contributed by atoms with E-state index in [1.807, 2.05) is 0 Å². The van der Waals surface area contributed by atoms with Gasteiger partial charge in [0.25, 0.3) is 0 Å². The highest BCUT2D eigenvalue weighted by Crippen LogP contribution is 2.18. The van der Waals surface area contributed by atoms with Crippen LogP contribution in [0.4, 0.5) is 4.79 Å².